The van der Waals surface area contributed by atoms with Crippen molar-refractivity contribution in [2.75, 3.05) is 11.9 Å². The lowest BCUT2D eigenvalue weighted by molar-refractivity contribution is -0.107. The van der Waals surface area contributed by atoms with E-state index in [2.05, 4.69) is 30.3 Å². The van der Waals surface area contributed by atoms with Crippen LogP contribution in [0.3, 0.4) is 0 Å². The summed E-state index contributed by atoms with van der Waals surface area (Å²) < 4.78 is 0. The zero-order valence-electron chi connectivity index (χ0n) is 9.68. The van der Waals surface area contributed by atoms with Crippen molar-refractivity contribution in [1.29, 1.82) is 0 Å². The third kappa shape index (κ3) is 1.45. The highest BCUT2D eigenvalue weighted by molar-refractivity contribution is 5.86. The molecule has 1 aliphatic rings. The van der Waals surface area contributed by atoms with Crippen molar-refractivity contribution in [2.24, 2.45) is 0 Å². The number of rotatable bonds is 2. The Bertz CT molecular complexity index is 589. The summed E-state index contributed by atoms with van der Waals surface area (Å²) in [5, 5.41) is 0. The van der Waals surface area contributed by atoms with Gasteiger partial charge in [0.25, 0.3) is 0 Å². The summed E-state index contributed by atoms with van der Waals surface area (Å²) in [5.74, 6) is 0. The van der Waals surface area contributed by atoms with E-state index in [1.165, 1.54) is 22.3 Å². The van der Waals surface area contributed by atoms with Crippen molar-refractivity contribution in [3.05, 3.63) is 53.6 Å². The molecule has 0 aliphatic heterocycles. The van der Waals surface area contributed by atoms with Crippen LogP contribution in [0.4, 0.5) is 5.69 Å². The van der Waals surface area contributed by atoms with E-state index in [0.29, 0.717) is 0 Å². The predicted molar refractivity (Wildman–Crippen MR) is 69.2 cm³/mol. The molecule has 1 aliphatic carbocycles. The Hall–Kier alpha value is -2.09. The second-order valence-corrected chi connectivity index (χ2v) is 4.35. The average molecular weight is 223 g/mol. The molecule has 0 fully saturated rings. The molecule has 0 saturated heterocycles. The fourth-order valence-electron chi connectivity index (χ4n) is 2.53. The van der Waals surface area contributed by atoms with Crippen LogP contribution in [0.5, 0.6) is 0 Å². The topological polar surface area (TPSA) is 20.3 Å². The molecule has 0 aromatic heterocycles. The van der Waals surface area contributed by atoms with Gasteiger partial charge in [0.2, 0.25) is 6.41 Å². The zero-order valence-corrected chi connectivity index (χ0v) is 9.68. The van der Waals surface area contributed by atoms with E-state index in [1.807, 2.05) is 12.1 Å². The number of anilines is 1. The van der Waals surface area contributed by atoms with Gasteiger partial charge in [0.1, 0.15) is 0 Å². The van der Waals surface area contributed by atoms with E-state index in [-0.39, 0.29) is 0 Å². The Morgan fingerprint density at radius 3 is 2.65 bits per heavy atom. The maximum Gasteiger partial charge on any atom is 0.213 e. The van der Waals surface area contributed by atoms with Crippen molar-refractivity contribution < 1.29 is 4.79 Å². The maximum atomic E-state index is 10.9. The third-order valence-corrected chi connectivity index (χ3v) is 3.36. The Morgan fingerprint density at radius 1 is 1.06 bits per heavy atom. The molecule has 0 bridgehead atoms. The minimum atomic E-state index is 0.860. The third-order valence-electron chi connectivity index (χ3n) is 3.36. The largest absolute Gasteiger partial charge is 0.318 e. The molecular formula is C15H13NO. The van der Waals surface area contributed by atoms with Gasteiger partial charge in [-0.3, -0.25) is 4.79 Å². The van der Waals surface area contributed by atoms with E-state index in [1.54, 1.807) is 11.9 Å². The minimum Gasteiger partial charge on any atom is -0.318 e. The van der Waals surface area contributed by atoms with Crippen LogP contribution in [-0.4, -0.2) is 13.5 Å². The first-order chi connectivity index (χ1) is 8.31. The molecule has 2 nitrogen and oxygen atoms in total. The first-order valence-electron chi connectivity index (χ1n) is 5.69. The molecule has 2 heteroatoms. The Kier molecular flexibility index (Phi) is 2.22. The lowest BCUT2D eigenvalue weighted by Crippen LogP contribution is -2.15. The number of carbonyl (C=O) groups is 1. The Labute approximate surface area is 100 Å². The summed E-state index contributed by atoms with van der Waals surface area (Å²) in [6, 6.07) is 14.6. The van der Waals surface area contributed by atoms with Crippen LogP contribution in [0.25, 0.3) is 11.1 Å². The van der Waals surface area contributed by atoms with Crippen LogP contribution in [0.15, 0.2) is 42.5 Å². The summed E-state index contributed by atoms with van der Waals surface area (Å²) in [6.07, 6.45) is 1.78. The van der Waals surface area contributed by atoms with Gasteiger partial charge in [-0.1, -0.05) is 36.4 Å². The summed E-state index contributed by atoms with van der Waals surface area (Å²) in [4.78, 5) is 12.5. The number of benzene rings is 2. The molecule has 0 N–H and O–H groups in total. The number of fused-ring (bicyclic) bond motifs is 3. The van der Waals surface area contributed by atoms with E-state index >= 15 is 0 Å². The minimum absolute atomic E-state index is 0.860. The van der Waals surface area contributed by atoms with Gasteiger partial charge in [-0.05, 0) is 28.3 Å². The van der Waals surface area contributed by atoms with Gasteiger partial charge < -0.3 is 4.90 Å². The molecule has 0 saturated carbocycles. The highest BCUT2D eigenvalue weighted by Crippen LogP contribution is 2.40. The summed E-state index contributed by atoms with van der Waals surface area (Å²) in [6.45, 7) is 0. The number of nitrogens with zero attached hydrogens (tertiary/aromatic N) is 1. The zero-order chi connectivity index (χ0) is 11.8. The van der Waals surface area contributed by atoms with Crippen molar-refractivity contribution in [1.82, 2.24) is 0 Å². The first-order valence-corrected chi connectivity index (χ1v) is 5.69. The second-order valence-electron chi connectivity index (χ2n) is 4.35. The van der Waals surface area contributed by atoms with E-state index in [0.717, 1.165) is 18.5 Å². The number of carbonyl (C=O) groups excluding carboxylic acids is 1. The SMILES string of the molecule is CN(C=O)c1cccc2c1Cc1ccccc1-2. The Morgan fingerprint density at radius 2 is 1.82 bits per heavy atom. The molecule has 17 heavy (non-hydrogen) atoms. The van der Waals surface area contributed by atoms with Gasteiger partial charge in [0, 0.05) is 19.2 Å². The molecule has 1 amide bonds. The van der Waals surface area contributed by atoms with Gasteiger partial charge in [-0.15, -0.1) is 0 Å². The fourth-order valence-corrected chi connectivity index (χ4v) is 2.53. The van der Waals surface area contributed by atoms with Crippen molar-refractivity contribution in [3.63, 3.8) is 0 Å². The average Bonchev–Trinajstić information content (AvgIpc) is 2.76. The summed E-state index contributed by atoms with van der Waals surface area (Å²) in [5.41, 5.74) is 6.15. The molecule has 0 unspecified atom stereocenters. The van der Waals surface area contributed by atoms with E-state index < -0.39 is 0 Å². The van der Waals surface area contributed by atoms with Crippen molar-refractivity contribution >= 4 is 12.1 Å². The lowest BCUT2D eigenvalue weighted by Gasteiger charge is -2.15. The van der Waals surface area contributed by atoms with Crippen LogP contribution < -0.4 is 4.90 Å². The second kappa shape index (κ2) is 3.74. The maximum absolute atomic E-state index is 10.9. The Balaban J connectivity index is 2.20. The summed E-state index contributed by atoms with van der Waals surface area (Å²) in [7, 11) is 1.80. The van der Waals surface area contributed by atoms with Gasteiger partial charge >= 0.3 is 0 Å². The quantitative estimate of drug-likeness (QED) is 0.612. The van der Waals surface area contributed by atoms with Crippen LogP contribution in [0, 0.1) is 0 Å². The summed E-state index contributed by atoms with van der Waals surface area (Å²) >= 11 is 0. The number of hydrogen-bond donors (Lipinski definition) is 0. The highest BCUT2D eigenvalue weighted by Gasteiger charge is 2.21. The first kappa shape index (κ1) is 10.1. The smallest absolute Gasteiger partial charge is 0.213 e. The van der Waals surface area contributed by atoms with E-state index in [9.17, 15) is 4.79 Å². The lowest BCUT2D eigenvalue weighted by atomic mass is 10.0. The predicted octanol–water partition coefficient (Wildman–Crippen LogP) is 2.85. The molecule has 2 aromatic carbocycles. The number of amides is 1. The van der Waals surface area contributed by atoms with Crippen molar-refractivity contribution in [2.45, 2.75) is 6.42 Å². The van der Waals surface area contributed by atoms with Gasteiger partial charge in [0.05, 0.1) is 0 Å². The van der Waals surface area contributed by atoms with Crippen LogP contribution in [0.1, 0.15) is 11.1 Å². The van der Waals surface area contributed by atoms with Gasteiger partial charge in [-0.2, -0.15) is 0 Å². The van der Waals surface area contributed by atoms with Gasteiger partial charge in [0.15, 0.2) is 0 Å². The van der Waals surface area contributed by atoms with Crippen LogP contribution in [0.2, 0.25) is 0 Å². The van der Waals surface area contributed by atoms with Crippen LogP contribution >= 0.6 is 0 Å². The normalized spacial score (nSPS) is 11.8. The van der Waals surface area contributed by atoms with Crippen LogP contribution in [-0.2, 0) is 11.2 Å². The molecule has 3 rings (SSSR count). The molecular weight excluding hydrogens is 210 g/mol. The monoisotopic (exact) mass is 223 g/mol. The molecule has 0 spiro atoms. The standard InChI is InChI=1S/C15H13NO/c1-16(10-17)15-8-4-7-13-12-6-3-2-5-11(12)9-14(13)15/h2-8,10H,9H2,1H3. The molecule has 0 radical (unpaired) electrons. The van der Waals surface area contributed by atoms with Gasteiger partial charge in [-0.25, -0.2) is 0 Å². The molecule has 2 aromatic rings. The highest BCUT2D eigenvalue weighted by atomic mass is 16.1. The van der Waals surface area contributed by atoms with Crippen molar-refractivity contribution in [3.8, 4) is 11.1 Å². The van der Waals surface area contributed by atoms with E-state index in [4.69, 9.17) is 0 Å². The molecule has 0 atom stereocenters. The molecule has 0 heterocycles. The molecule has 84 valence electrons. The number of hydrogen-bond acceptors (Lipinski definition) is 1. The fraction of sp³-hybridized carbons (Fsp3) is 0.133.